The van der Waals surface area contributed by atoms with E-state index in [1.165, 1.54) is 6.20 Å². The molecule has 0 spiro atoms. The number of hydrogen-bond acceptors (Lipinski definition) is 6. The highest BCUT2D eigenvalue weighted by Gasteiger charge is 2.38. The number of amides is 2. The molecule has 2 atom stereocenters. The molecule has 1 fully saturated rings. The molecule has 11 heteroatoms. The van der Waals surface area contributed by atoms with E-state index in [1.807, 2.05) is 6.07 Å². The summed E-state index contributed by atoms with van der Waals surface area (Å²) in [5.41, 5.74) is 0.0445. The van der Waals surface area contributed by atoms with E-state index in [-0.39, 0.29) is 34.6 Å². The van der Waals surface area contributed by atoms with Crippen LogP contribution >= 0.6 is 0 Å². The zero-order valence-electron chi connectivity index (χ0n) is 20.1. The van der Waals surface area contributed by atoms with Crippen LogP contribution in [0.25, 0.3) is 11.1 Å². The van der Waals surface area contributed by atoms with Crippen molar-refractivity contribution in [1.82, 2.24) is 20.6 Å². The summed E-state index contributed by atoms with van der Waals surface area (Å²) in [6.07, 6.45) is 2.04. The summed E-state index contributed by atoms with van der Waals surface area (Å²) >= 11 is 0. The van der Waals surface area contributed by atoms with E-state index in [0.29, 0.717) is 24.7 Å². The summed E-state index contributed by atoms with van der Waals surface area (Å²) in [4.78, 5) is 35.0. The molecule has 3 aromatic rings. The molecule has 0 unspecified atom stereocenters. The van der Waals surface area contributed by atoms with Crippen LogP contribution in [0.5, 0.6) is 0 Å². The number of pyridine rings is 2. The van der Waals surface area contributed by atoms with Crippen LogP contribution in [-0.2, 0) is 0 Å². The normalized spacial score (nSPS) is 17.6. The molecule has 1 saturated heterocycles. The molecular formula is C26H24F2N6O3. The van der Waals surface area contributed by atoms with Gasteiger partial charge in [0.1, 0.15) is 23.4 Å². The Hall–Kier alpha value is -4.59. The molecule has 3 heterocycles. The highest BCUT2D eigenvalue weighted by Crippen LogP contribution is 2.40. The van der Waals surface area contributed by atoms with Gasteiger partial charge in [-0.15, -0.1) is 0 Å². The van der Waals surface area contributed by atoms with Crippen LogP contribution in [0.3, 0.4) is 0 Å². The van der Waals surface area contributed by atoms with Gasteiger partial charge >= 0.3 is 6.09 Å². The summed E-state index contributed by atoms with van der Waals surface area (Å²) in [7, 11) is 0. The molecule has 4 rings (SSSR count). The second-order valence-corrected chi connectivity index (χ2v) is 9.13. The molecule has 0 saturated carbocycles. The molecule has 1 aromatic carbocycles. The molecule has 0 radical (unpaired) electrons. The minimum absolute atomic E-state index is 0.0313. The average Bonchev–Trinajstić information content (AvgIpc) is 3.23. The first kappa shape index (κ1) is 25.5. The quantitative estimate of drug-likeness (QED) is 0.460. The van der Waals surface area contributed by atoms with Crippen molar-refractivity contribution < 1.29 is 23.5 Å². The lowest BCUT2D eigenvalue weighted by Crippen LogP contribution is -2.47. The monoisotopic (exact) mass is 506 g/mol. The number of nitrogens with zero attached hydrogens (tertiary/aromatic N) is 4. The Morgan fingerprint density at radius 3 is 2.57 bits per heavy atom. The Balaban J connectivity index is 1.85. The third-order valence-electron chi connectivity index (χ3n) is 6.23. The van der Waals surface area contributed by atoms with Crippen molar-refractivity contribution >= 4 is 17.7 Å². The number of aromatic nitrogens is 2. The van der Waals surface area contributed by atoms with Gasteiger partial charge in [0.2, 0.25) is 0 Å². The summed E-state index contributed by atoms with van der Waals surface area (Å²) in [5, 5.41) is 24.5. The van der Waals surface area contributed by atoms with Crippen molar-refractivity contribution in [1.29, 1.82) is 5.26 Å². The molecule has 1 aliphatic heterocycles. The maximum absolute atomic E-state index is 14.2. The van der Waals surface area contributed by atoms with Crippen molar-refractivity contribution in [3.05, 3.63) is 77.4 Å². The molecule has 0 aliphatic carbocycles. The van der Waals surface area contributed by atoms with Crippen molar-refractivity contribution in [2.45, 2.75) is 31.8 Å². The van der Waals surface area contributed by atoms with Crippen LogP contribution in [0.15, 0.2) is 48.8 Å². The van der Waals surface area contributed by atoms with Gasteiger partial charge in [0.25, 0.3) is 5.91 Å². The third kappa shape index (κ3) is 5.48. The van der Waals surface area contributed by atoms with Gasteiger partial charge in [-0.25, -0.2) is 18.6 Å². The maximum atomic E-state index is 14.2. The Morgan fingerprint density at radius 2 is 1.95 bits per heavy atom. The number of rotatable bonds is 6. The van der Waals surface area contributed by atoms with Gasteiger partial charge in [-0.05, 0) is 50.1 Å². The van der Waals surface area contributed by atoms with Gasteiger partial charge in [-0.3, -0.25) is 9.78 Å². The first-order valence-corrected chi connectivity index (χ1v) is 11.5. The summed E-state index contributed by atoms with van der Waals surface area (Å²) in [5.74, 6) is -2.26. The fourth-order valence-corrected chi connectivity index (χ4v) is 4.55. The second-order valence-electron chi connectivity index (χ2n) is 9.13. The lowest BCUT2D eigenvalue weighted by atomic mass is 9.97. The number of carbonyl (C=O) groups is 2. The first-order valence-electron chi connectivity index (χ1n) is 11.5. The molecule has 9 nitrogen and oxygen atoms in total. The molecule has 190 valence electrons. The summed E-state index contributed by atoms with van der Waals surface area (Å²) in [6.45, 7) is 3.93. The Bertz CT molecular complexity index is 1370. The third-order valence-corrected chi connectivity index (χ3v) is 6.23. The Labute approximate surface area is 211 Å². The fraction of sp³-hybridized carbons (Fsp3) is 0.269. The minimum Gasteiger partial charge on any atom is -0.465 e. The van der Waals surface area contributed by atoms with Gasteiger partial charge in [-0.2, -0.15) is 5.26 Å². The van der Waals surface area contributed by atoms with E-state index in [9.17, 15) is 28.7 Å². The lowest BCUT2D eigenvalue weighted by Gasteiger charge is -2.28. The zero-order chi connectivity index (χ0) is 26.7. The largest absolute Gasteiger partial charge is 0.465 e. The van der Waals surface area contributed by atoms with Crippen LogP contribution in [0, 0.1) is 23.0 Å². The van der Waals surface area contributed by atoms with Crippen LogP contribution in [0.2, 0.25) is 0 Å². The van der Waals surface area contributed by atoms with Gasteiger partial charge in [-0.1, -0.05) is 6.07 Å². The van der Waals surface area contributed by atoms with E-state index in [4.69, 9.17) is 0 Å². The van der Waals surface area contributed by atoms with Crippen LogP contribution in [0.4, 0.5) is 19.3 Å². The van der Waals surface area contributed by atoms with Crippen molar-refractivity contribution in [2.24, 2.45) is 0 Å². The molecule has 3 N–H and O–H groups in total. The highest BCUT2D eigenvalue weighted by atomic mass is 19.1. The number of halogens is 2. The fourth-order valence-electron chi connectivity index (χ4n) is 4.55. The number of nitriles is 1. The van der Waals surface area contributed by atoms with Gasteiger partial charge < -0.3 is 20.6 Å². The van der Waals surface area contributed by atoms with Gasteiger partial charge in [0, 0.05) is 37.1 Å². The van der Waals surface area contributed by atoms with Crippen molar-refractivity contribution in [3.63, 3.8) is 0 Å². The predicted octanol–water partition coefficient (Wildman–Crippen LogP) is 4.02. The van der Waals surface area contributed by atoms with E-state index in [0.717, 1.165) is 12.1 Å². The first-order chi connectivity index (χ1) is 17.6. The van der Waals surface area contributed by atoms with Crippen molar-refractivity contribution in [3.8, 4) is 17.2 Å². The SMILES string of the molecule is C[C@H](NC(=O)c1cnc(C#N)c(-c2cc(F)cc(F)c2)c1N1CC[C@](C)(NC(=O)O)C1)c1ccccn1. The van der Waals surface area contributed by atoms with Crippen molar-refractivity contribution in [2.75, 3.05) is 18.0 Å². The number of benzene rings is 1. The second kappa shape index (κ2) is 10.2. The topological polar surface area (TPSA) is 131 Å². The van der Waals surface area contributed by atoms with Gasteiger partial charge in [0.05, 0.1) is 28.5 Å². The van der Waals surface area contributed by atoms with E-state index in [2.05, 4.69) is 20.6 Å². The Morgan fingerprint density at radius 1 is 1.22 bits per heavy atom. The van der Waals surface area contributed by atoms with Crippen LogP contribution in [-0.4, -0.2) is 45.7 Å². The minimum atomic E-state index is -1.20. The lowest BCUT2D eigenvalue weighted by molar-refractivity contribution is 0.0939. The number of carboxylic acid groups (broad SMARTS) is 1. The summed E-state index contributed by atoms with van der Waals surface area (Å²) < 4.78 is 28.5. The molecule has 2 amide bonds. The molecular weight excluding hydrogens is 482 g/mol. The van der Waals surface area contributed by atoms with E-state index >= 15 is 0 Å². The standard InChI is InChI=1S/C26H24F2N6O3/c1-15(20-5-3-4-7-30-20)32-24(35)19-13-31-21(12-29)22(16-9-17(27)11-18(28)10-16)23(19)34-8-6-26(2,14-34)33-25(36)37/h3-5,7,9-11,13,15,33H,6,8,14H2,1-2H3,(H,32,35)(H,36,37)/t15-,26-/m0/s1. The van der Waals surface area contributed by atoms with E-state index < -0.39 is 35.2 Å². The van der Waals surface area contributed by atoms with Crippen LogP contribution < -0.4 is 15.5 Å². The summed E-state index contributed by atoms with van der Waals surface area (Å²) in [6, 6.07) is 9.59. The van der Waals surface area contributed by atoms with Crippen LogP contribution in [0.1, 0.15) is 48.1 Å². The maximum Gasteiger partial charge on any atom is 0.405 e. The van der Waals surface area contributed by atoms with E-state index in [1.54, 1.807) is 43.1 Å². The molecule has 2 aromatic heterocycles. The predicted molar refractivity (Wildman–Crippen MR) is 131 cm³/mol. The molecule has 1 aliphatic rings. The highest BCUT2D eigenvalue weighted by molar-refractivity contribution is 6.04. The number of carbonyl (C=O) groups excluding carboxylic acids is 1. The zero-order valence-corrected chi connectivity index (χ0v) is 20.1. The molecule has 0 bridgehead atoms. The van der Waals surface area contributed by atoms with Gasteiger partial charge in [0.15, 0.2) is 0 Å². The smallest absolute Gasteiger partial charge is 0.405 e. The average molecular weight is 507 g/mol. The number of hydrogen-bond donors (Lipinski definition) is 3. The number of nitrogens with one attached hydrogen (secondary N) is 2. The molecule has 37 heavy (non-hydrogen) atoms. The number of anilines is 1. The Kier molecular flexibility index (Phi) is 7.02.